The van der Waals surface area contributed by atoms with Crippen molar-refractivity contribution < 1.29 is 19.1 Å². The average Bonchev–Trinajstić information content (AvgIpc) is 2.54. The molecule has 1 saturated carbocycles. The first kappa shape index (κ1) is 12.7. The maximum absolute atomic E-state index is 12.1. The van der Waals surface area contributed by atoms with Crippen LogP contribution in [0, 0.1) is 11.8 Å². The van der Waals surface area contributed by atoms with E-state index < -0.39 is 23.0 Å². The van der Waals surface area contributed by atoms with E-state index in [1.165, 1.54) is 0 Å². The Morgan fingerprint density at radius 1 is 0.842 bits per heavy atom. The molecule has 2 bridgehead atoms. The zero-order chi connectivity index (χ0) is 14.0. The van der Waals surface area contributed by atoms with Crippen molar-refractivity contribution in [2.24, 2.45) is 11.8 Å². The van der Waals surface area contributed by atoms with Crippen LogP contribution in [0.1, 0.15) is 47.0 Å². The topological polar surface area (TPSA) is 52.6 Å². The number of fused-ring (bicyclic) bond motifs is 3. The predicted molar refractivity (Wildman–Crippen MR) is 68.2 cm³/mol. The van der Waals surface area contributed by atoms with Crippen LogP contribution in [0.4, 0.5) is 0 Å². The molecule has 1 aliphatic heterocycles. The lowest BCUT2D eigenvalue weighted by atomic mass is 9.80. The molecule has 0 unspecified atom stereocenters. The van der Waals surface area contributed by atoms with Crippen molar-refractivity contribution in [2.45, 2.75) is 58.2 Å². The lowest BCUT2D eigenvalue weighted by Crippen LogP contribution is -2.55. The van der Waals surface area contributed by atoms with E-state index >= 15 is 0 Å². The number of ether oxygens (including phenoxy) is 2. The second-order valence-electron chi connectivity index (χ2n) is 6.72. The standard InChI is InChI=1S/C15H20O4/c1-14(2)15(3,4)19-13-9-7-5-6-8(12(13)18-14)10(16)11(9)17/h8-9H,5-7H2,1-4H3/t8-,9+. The summed E-state index contributed by atoms with van der Waals surface area (Å²) >= 11 is 0. The quantitative estimate of drug-likeness (QED) is 0.630. The molecule has 3 aliphatic carbocycles. The molecular weight excluding hydrogens is 244 g/mol. The van der Waals surface area contributed by atoms with Gasteiger partial charge in [0.15, 0.2) is 0 Å². The van der Waals surface area contributed by atoms with E-state index in [1.54, 1.807) is 0 Å². The predicted octanol–water partition coefficient (Wildman–Crippen LogP) is 2.37. The fourth-order valence-electron chi connectivity index (χ4n) is 3.01. The monoisotopic (exact) mass is 264 g/mol. The fourth-order valence-corrected chi connectivity index (χ4v) is 3.01. The van der Waals surface area contributed by atoms with Crippen LogP contribution in [0.15, 0.2) is 11.5 Å². The van der Waals surface area contributed by atoms with E-state index in [9.17, 15) is 9.59 Å². The van der Waals surface area contributed by atoms with Crippen molar-refractivity contribution in [3.63, 3.8) is 0 Å². The van der Waals surface area contributed by atoms with E-state index in [4.69, 9.17) is 9.47 Å². The lowest BCUT2D eigenvalue weighted by Gasteiger charge is -2.49. The molecule has 4 heteroatoms. The molecule has 0 radical (unpaired) electrons. The Bertz CT molecular complexity index is 454. The summed E-state index contributed by atoms with van der Waals surface area (Å²) in [5, 5.41) is 0. The van der Waals surface area contributed by atoms with Crippen molar-refractivity contribution in [1.82, 2.24) is 0 Å². The van der Waals surface area contributed by atoms with Gasteiger partial charge in [-0.2, -0.15) is 0 Å². The van der Waals surface area contributed by atoms with E-state index in [1.807, 2.05) is 27.7 Å². The fraction of sp³-hybridized carbons (Fsp3) is 0.733. The number of hydrogen-bond acceptors (Lipinski definition) is 4. The number of rotatable bonds is 0. The molecule has 0 spiro atoms. The molecule has 1 heterocycles. The number of allylic oxidation sites excluding steroid dienone is 2. The van der Waals surface area contributed by atoms with Gasteiger partial charge in [0.25, 0.3) is 0 Å². The Morgan fingerprint density at radius 3 is 1.58 bits per heavy atom. The molecule has 19 heavy (non-hydrogen) atoms. The van der Waals surface area contributed by atoms with Crippen molar-refractivity contribution in [3.8, 4) is 0 Å². The van der Waals surface area contributed by atoms with E-state index in [-0.39, 0.29) is 11.6 Å². The van der Waals surface area contributed by atoms with Crippen LogP contribution in [0.3, 0.4) is 0 Å². The Balaban J connectivity index is 2.13. The lowest BCUT2D eigenvalue weighted by molar-refractivity contribution is -0.187. The summed E-state index contributed by atoms with van der Waals surface area (Å²) in [7, 11) is 0. The Labute approximate surface area is 113 Å². The third-order valence-electron chi connectivity index (χ3n) is 4.92. The van der Waals surface area contributed by atoms with Gasteiger partial charge in [0, 0.05) is 0 Å². The maximum Gasteiger partial charge on any atom is 0.209 e. The Kier molecular flexibility index (Phi) is 2.42. The molecule has 0 saturated heterocycles. The molecule has 0 N–H and O–H groups in total. The van der Waals surface area contributed by atoms with Crippen LogP contribution in [-0.4, -0.2) is 22.8 Å². The molecule has 0 amide bonds. The summed E-state index contributed by atoms with van der Waals surface area (Å²) in [4.78, 5) is 24.2. The second kappa shape index (κ2) is 3.62. The smallest absolute Gasteiger partial charge is 0.209 e. The molecular formula is C15H20O4. The minimum atomic E-state index is -0.514. The number of ketones is 2. The Hall–Kier alpha value is -1.32. The van der Waals surface area contributed by atoms with Gasteiger partial charge in [-0.1, -0.05) is 6.42 Å². The van der Waals surface area contributed by atoms with E-state index in [0.29, 0.717) is 24.4 Å². The van der Waals surface area contributed by atoms with Gasteiger partial charge in [-0.25, -0.2) is 0 Å². The van der Waals surface area contributed by atoms with Crippen molar-refractivity contribution >= 4 is 11.6 Å². The normalized spacial score (nSPS) is 35.4. The molecule has 4 aliphatic rings. The van der Waals surface area contributed by atoms with E-state index in [0.717, 1.165) is 6.42 Å². The first-order valence-electron chi connectivity index (χ1n) is 6.95. The van der Waals surface area contributed by atoms with Gasteiger partial charge in [0.05, 0.1) is 11.8 Å². The van der Waals surface area contributed by atoms with Gasteiger partial charge < -0.3 is 9.47 Å². The highest BCUT2D eigenvalue weighted by Crippen LogP contribution is 2.49. The summed E-state index contributed by atoms with van der Waals surface area (Å²) in [6.45, 7) is 7.84. The molecule has 0 aromatic heterocycles. The van der Waals surface area contributed by atoms with Gasteiger partial charge in [-0.15, -0.1) is 0 Å². The highest BCUT2D eigenvalue weighted by Gasteiger charge is 2.55. The zero-order valence-corrected chi connectivity index (χ0v) is 11.9. The summed E-state index contributed by atoms with van der Waals surface area (Å²) in [5.41, 5.74) is -1.03. The number of carbonyl (C=O) groups is 2. The molecule has 4 nitrogen and oxygen atoms in total. The van der Waals surface area contributed by atoms with E-state index in [2.05, 4.69) is 0 Å². The first-order valence-corrected chi connectivity index (χ1v) is 6.95. The second-order valence-corrected chi connectivity index (χ2v) is 6.72. The average molecular weight is 264 g/mol. The molecule has 2 atom stereocenters. The third-order valence-corrected chi connectivity index (χ3v) is 4.92. The van der Waals surface area contributed by atoms with Crippen LogP contribution < -0.4 is 0 Å². The van der Waals surface area contributed by atoms with Gasteiger partial charge >= 0.3 is 0 Å². The van der Waals surface area contributed by atoms with Crippen LogP contribution in [-0.2, 0) is 19.1 Å². The highest BCUT2D eigenvalue weighted by atomic mass is 16.6. The van der Waals surface area contributed by atoms with Crippen LogP contribution in [0.25, 0.3) is 0 Å². The van der Waals surface area contributed by atoms with Crippen molar-refractivity contribution in [2.75, 3.05) is 0 Å². The third kappa shape index (κ3) is 1.58. The molecule has 4 rings (SSSR count). The highest BCUT2D eigenvalue weighted by molar-refractivity contribution is 6.40. The maximum atomic E-state index is 12.1. The van der Waals surface area contributed by atoms with Gasteiger partial charge in [0.2, 0.25) is 11.6 Å². The SMILES string of the molecule is CC1(C)OC2=C(OC1(C)C)[C@H]1CCC[C@@H]2C(=O)C1=O. The zero-order valence-electron chi connectivity index (χ0n) is 11.9. The van der Waals surface area contributed by atoms with Crippen LogP contribution >= 0.6 is 0 Å². The minimum Gasteiger partial charge on any atom is -0.484 e. The van der Waals surface area contributed by atoms with Gasteiger partial charge in [0.1, 0.15) is 22.7 Å². The summed E-state index contributed by atoms with van der Waals surface area (Å²) in [5.74, 6) is -0.179. The van der Waals surface area contributed by atoms with Gasteiger partial charge in [-0.3, -0.25) is 9.59 Å². The van der Waals surface area contributed by atoms with Crippen molar-refractivity contribution in [1.29, 1.82) is 0 Å². The summed E-state index contributed by atoms with van der Waals surface area (Å²) < 4.78 is 12.2. The molecule has 0 aromatic carbocycles. The molecule has 0 aromatic rings. The molecule has 104 valence electrons. The summed E-state index contributed by atoms with van der Waals surface area (Å²) in [6, 6.07) is 0. The van der Waals surface area contributed by atoms with Gasteiger partial charge in [-0.05, 0) is 40.5 Å². The van der Waals surface area contributed by atoms with Crippen LogP contribution in [0.2, 0.25) is 0 Å². The van der Waals surface area contributed by atoms with Crippen molar-refractivity contribution in [3.05, 3.63) is 11.5 Å². The number of Topliss-reactive ketones (excluding diaryl/α,β-unsaturated/α-hetero) is 2. The number of carbonyl (C=O) groups excluding carboxylic acids is 2. The number of hydrogen-bond donors (Lipinski definition) is 0. The van der Waals surface area contributed by atoms with Crippen LogP contribution in [0.5, 0.6) is 0 Å². The first-order chi connectivity index (χ1) is 8.74. The largest absolute Gasteiger partial charge is 0.484 e. The Morgan fingerprint density at radius 2 is 1.21 bits per heavy atom. The molecule has 1 fully saturated rings. The minimum absolute atomic E-state index is 0.291. The summed E-state index contributed by atoms with van der Waals surface area (Å²) in [6.07, 6.45) is 2.26.